The minimum atomic E-state index is -0.711. The fourth-order valence-electron chi connectivity index (χ4n) is 3.44. The second kappa shape index (κ2) is 9.32. The van der Waals surface area contributed by atoms with Crippen molar-refractivity contribution in [1.29, 1.82) is 0 Å². The SMILES string of the molecule is CCOc1ccc(C2C(C(=O)c3cccs3)=C(O)C(=O)N2CCN(C)C)cc1OC. The lowest BCUT2D eigenvalue weighted by atomic mass is 9.95. The molecule has 0 bridgehead atoms. The lowest BCUT2D eigenvalue weighted by Gasteiger charge is -2.28. The molecule has 2 heterocycles. The van der Waals surface area contributed by atoms with Crippen LogP contribution in [0.25, 0.3) is 0 Å². The van der Waals surface area contributed by atoms with Gasteiger partial charge in [0.1, 0.15) is 0 Å². The van der Waals surface area contributed by atoms with Crippen molar-refractivity contribution in [3.8, 4) is 11.5 Å². The van der Waals surface area contributed by atoms with Gasteiger partial charge in [-0.3, -0.25) is 9.59 Å². The summed E-state index contributed by atoms with van der Waals surface area (Å²) in [7, 11) is 5.34. The number of rotatable bonds is 9. The van der Waals surface area contributed by atoms with Gasteiger partial charge in [0.05, 0.1) is 30.2 Å². The third-order valence-electron chi connectivity index (χ3n) is 4.88. The standard InChI is InChI=1S/C22H26N2O5S/c1-5-29-15-9-8-14(13-16(15)28-4)19-18(20(25)17-7-6-12-30-17)21(26)22(27)24(19)11-10-23(2)3/h6-9,12-13,19,26H,5,10-11H2,1-4H3. The molecule has 2 aromatic rings. The average molecular weight is 431 g/mol. The number of Topliss-reactive ketones (excluding diaryl/α,β-unsaturated/α-hetero) is 1. The Morgan fingerprint density at radius 3 is 2.63 bits per heavy atom. The number of amides is 1. The maximum Gasteiger partial charge on any atom is 0.290 e. The van der Waals surface area contributed by atoms with Crippen molar-refractivity contribution < 1.29 is 24.2 Å². The number of carbonyl (C=O) groups is 2. The highest BCUT2D eigenvalue weighted by Gasteiger charge is 2.44. The molecule has 0 aliphatic carbocycles. The first-order valence-corrected chi connectivity index (χ1v) is 10.5. The maximum absolute atomic E-state index is 13.2. The van der Waals surface area contributed by atoms with Crippen LogP contribution in [0.15, 0.2) is 47.0 Å². The molecule has 0 saturated carbocycles. The normalized spacial score (nSPS) is 16.5. The number of likely N-dealkylation sites (N-methyl/N-ethyl adjacent to an activating group) is 1. The first kappa shape index (κ1) is 21.9. The van der Waals surface area contributed by atoms with E-state index < -0.39 is 17.7 Å². The Morgan fingerprint density at radius 1 is 1.27 bits per heavy atom. The maximum atomic E-state index is 13.2. The fourth-order valence-corrected chi connectivity index (χ4v) is 4.12. The van der Waals surface area contributed by atoms with E-state index in [0.717, 1.165) is 0 Å². The molecule has 30 heavy (non-hydrogen) atoms. The Balaban J connectivity index is 2.08. The molecular formula is C22H26N2O5S. The van der Waals surface area contributed by atoms with Gasteiger partial charge in [-0.1, -0.05) is 12.1 Å². The summed E-state index contributed by atoms with van der Waals surface area (Å²) in [5, 5.41) is 12.5. The molecule has 1 aliphatic heterocycles. The van der Waals surface area contributed by atoms with Crippen LogP contribution in [0.3, 0.4) is 0 Å². The highest BCUT2D eigenvalue weighted by Crippen LogP contribution is 2.41. The van der Waals surface area contributed by atoms with E-state index in [0.29, 0.717) is 41.6 Å². The molecule has 0 radical (unpaired) electrons. The number of nitrogens with zero attached hydrogens (tertiary/aromatic N) is 2. The molecule has 1 unspecified atom stereocenters. The van der Waals surface area contributed by atoms with E-state index in [1.807, 2.05) is 25.9 Å². The third kappa shape index (κ3) is 4.20. The number of ether oxygens (including phenoxy) is 2. The van der Waals surface area contributed by atoms with E-state index >= 15 is 0 Å². The quantitative estimate of drug-likeness (QED) is 0.615. The van der Waals surface area contributed by atoms with Crippen LogP contribution in [-0.4, -0.2) is 67.5 Å². The molecule has 1 atom stereocenters. The minimum absolute atomic E-state index is 0.0902. The number of thiophene rings is 1. The van der Waals surface area contributed by atoms with Crippen LogP contribution in [0.5, 0.6) is 11.5 Å². The Kier molecular flexibility index (Phi) is 6.79. The van der Waals surface area contributed by atoms with Gasteiger partial charge in [-0.15, -0.1) is 11.3 Å². The van der Waals surface area contributed by atoms with Crippen molar-refractivity contribution in [2.45, 2.75) is 13.0 Å². The fraction of sp³-hybridized carbons (Fsp3) is 0.364. The summed E-state index contributed by atoms with van der Waals surface area (Å²) in [5.74, 6) is -0.309. The van der Waals surface area contributed by atoms with E-state index in [-0.39, 0.29) is 11.4 Å². The first-order chi connectivity index (χ1) is 14.4. The van der Waals surface area contributed by atoms with Crippen LogP contribution < -0.4 is 9.47 Å². The largest absolute Gasteiger partial charge is 0.503 e. The number of carbonyl (C=O) groups excluding carboxylic acids is 2. The van der Waals surface area contributed by atoms with Crippen molar-refractivity contribution in [3.63, 3.8) is 0 Å². The molecule has 0 fully saturated rings. The number of benzene rings is 1. The van der Waals surface area contributed by atoms with Crippen LogP contribution in [0, 0.1) is 0 Å². The Labute approximate surface area is 180 Å². The van der Waals surface area contributed by atoms with E-state index in [1.54, 1.807) is 35.7 Å². The second-order valence-corrected chi connectivity index (χ2v) is 8.06. The van der Waals surface area contributed by atoms with Crippen LogP contribution in [0.1, 0.15) is 28.2 Å². The Bertz CT molecular complexity index is 952. The monoisotopic (exact) mass is 430 g/mol. The van der Waals surface area contributed by atoms with Gasteiger partial charge in [-0.05, 0) is 50.2 Å². The predicted molar refractivity (Wildman–Crippen MR) is 115 cm³/mol. The van der Waals surface area contributed by atoms with Gasteiger partial charge in [0.15, 0.2) is 17.3 Å². The van der Waals surface area contributed by atoms with Crippen LogP contribution in [0.2, 0.25) is 0 Å². The molecule has 1 aromatic carbocycles. The van der Waals surface area contributed by atoms with Gasteiger partial charge in [0.2, 0.25) is 5.78 Å². The molecule has 1 aliphatic rings. The molecule has 1 aromatic heterocycles. The lowest BCUT2D eigenvalue weighted by molar-refractivity contribution is -0.129. The van der Waals surface area contributed by atoms with Crippen LogP contribution >= 0.6 is 11.3 Å². The molecule has 1 N–H and O–H groups in total. The summed E-state index contributed by atoms with van der Waals surface area (Å²) in [6, 6.07) is 8.06. The van der Waals surface area contributed by atoms with E-state index in [2.05, 4.69) is 0 Å². The number of ketones is 1. The summed E-state index contributed by atoms with van der Waals surface area (Å²) in [6.07, 6.45) is 0. The number of methoxy groups -OCH3 is 1. The van der Waals surface area contributed by atoms with Crippen molar-refractivity contribution in [1.82, 2.24) is 9.80 Å². The van der Waals surface area contributed by atoms with Gasteiger partial charge >= 0.3 is 0 Å². The minimum Gasteiger partial charge on any atom is -0.503 e. The topological polar surface area (TPSA) is 79.3 Å². The summed E-state index contributed by atoms with van der Waals surface area (Å²) in [4.78, 5) is 30.1. The summed E-state index contributed by atoms with van der Waals surface area (Å²) < 4.78 is 11.0. The molecule has 0 saturated heterocycles. The van der Waals surface area contributed by atoms with Gasteiger partial charge in [-0.2, -0.15) is 0 Å². The molecule has 0 spiro atoms. The molecule has 1 amide bonds. The van der Waals surface area contributed by atoms with Crippen molar-refractivity contribution >= 4 is 23.0 Å². The summed E-state index contributed by atoms with van der Waals surface area (Å²) in [6.45, 7) is 3.31. The van der Waals surface area contributed by atoms with Crippen LogP contribution in [0.4, 0.5) is 0 Å². The first-order valence-electron chi connectivity index (χ1n) is 9.66. The van der Waals surface area contributed by atoms with E-state index in [4.69, 9.17) is 9.47 Å². The van der Waals surface area contributed by atoms with Gasteiger partial charge in [-0.25, -0.2) is 0 Å². The summed E-state index contributed by atoms with van der Waals surface area (Å²) in [5.41, 5.74) is 0.763. The molecular weight excluding hydrogens is 404 g/mol. The number of hydrogen-bond acceptors (Lipinski definition) is 7. The van der Waals surface area contributed by atoms with Gasteiger partial charge in [0, 0.05) is 13.1 Å². The highest BCUT2D eigenvalue weighted by molar-refractivity contribution is 7.12. The zero-order valence-corrected chi connectivity index (χ0v) is 18.4. The van der Waals surface area contributed by atoms with Crippen molar-refractivity contribution in [3.05, 3.63) is 57.5 Å². The predicted octanol–water partition coefficient (Wildman–Crippen LogP) is 3.30. The Morgan fingerprint density at radius 2 is 2.03 bits per heavy atom. The number of aliphatic hydroxyl groups excluding tert-OH is 1. The highest BCUT2D eigenvalue weighted by atomic mass is 32.1. The average Bonchev–Trinajstić information content (AvgIpc) is 3.34. The molecule has 3 rings (SSSR count). The van der Waals surface area contributed by atoms with Gasteiger partial charge < -0.3 is 24.4 Å². The van der Waals surface area contributed by atoms with Gasteiger partial charge in [0.25, 0.3) is 5.91 Å². The van der Waals surface area contributed by atoms with Crippen molar-refractivity contribution in [2.75, 3.05) is 40.9 Å². The van der Waals surface area contributed by atoms with E-state index in [9.17, 15) is 14.7 Å². The Hall–Kier alpha value is -2.84. The lowest BCUT2D eigenvalue weighted by Crippen LogP contribution is -2.36. The second-order valence-electron chi connectivity index (χ2n) is 7.12. The van der Waals surface area contributed by atoms with Crippen LogP contribution in [-0.2, 0) is 4.79 Å². The molecule has 160 valence electrons. The zero-order valence-electron chi connectivity index (χ0n) is 17.5. The summed E-state index contributed by atoms with van der Waals surface area (Å²) >= 11 is 1.28. The molecule has 7 nitrogen and oxygen atoms in total. The zero-order chi connectivity index (χ0) is 21.8. The van der Waals surface area contributed by atoms with Crippen molar-refractivity contribution in [2.24, 2.45) is 0 Å². The number of hydrogen-bond donors (Lipinski definition) is 1. The van der Waals surface area contributed by atoms with E-state index in [1.165, 1.54) is 23.3 Å². The number of aliphatic hydroxyl groups is 1. The third-order valence-corrected chi connectivity index (χ3v) is 5.75. The smallest absolute Gasteiger partial charge is 0.290 e. The molecule has 8 heteroatoms.